The maximum Gasteiger partial charge on any atom is 0.350 e. The summed E-state index contributed by atoms with van der Waals surface area (Å²) in [5.41, 5.74) is 1.22. The van der Waals surface area contributed by atoms with Gasteiger partial charge in [0.1, 0.15) is 4.88 Å². The summed E-state index contributed by atoms with van der Waals surface area (Å²) < 4.78 is 32.5. The Morgan fingerprint density at radius 1 is 1.09 bits per heavy atom. The van der Waals surface area contributed by atoms with Gasteiger partial charge in [0.15, 0.2) is 5.13 Å². The molecule has 168 valence electrons. The Morgan fingerprint density at radius 2 is 1.81 bits per heavy atom. The lowest BCUT2D eigenvalue weighted by Gasteiger charge is -2.23. The first-order chi connectivity index (χ1) is 15.3. The maximum atomic E-state index is 13.2. The highest BCUT2D eigenvalue weighted by Crippen LogP contribution is 2.26. The van der Waals surface area contributed by atoms with E-state index in [1.165, 1.54) is 35.7 Å². The second-order valence-electron chi connectivity index (χ2n) is 6.63. The molecule has 2 aromatic carbocycles. The molecule has 0 aliphatic rings. The number of amides is 1. The second kappa shape index (κ2) is 9.92. The van der Waals surface area contributed by atoms with Gasteiger partial charge in [0.25, 0.3) is 15.9 Å². The van der Waals surface area contributed by atoms with Crippen LogP contribution in [0.5, 0.6) is 0 Å². The molecule has 1 heterocycles. The van der Waals surface area contributed by atoms with Crippen LogP contribution in [0.1, 0.15) is 39.6 Å². The van der Waals surface area contributed by atoms with Crippen LogP contribution in [-0.4, -0.2) is 38.9 Å². The Morgan fingerprint density at radius 3 is 2.44 bits per heavy atom. The number of aryl methyl sites for hydroxylation is 1. The van der Waals surface area contributed by atoms with E-state index in [1.54, 1.807) is 31.2 Å². The number of benzene rings is 2. The van der Waals surface area contributed by atoms with E-state index in [4.69, 9.17) is 4.74 Å². The predicted molar refractivity (Wildman–Crippen MR) is 124 cm³/mol. The van der Waals surface area contributed by atoms with Crippen molar-refractivity contribution in [2.75, 3.05) is 23.3 Å². The van der Waals surface area contributed by atoms with Crippen LogP contribution in [0.25, 0.3) is 0 Å². The monoisotopic (exact) mass is 473 g/mol. The zero-order valence-electron chi connectivity index (χ0n) is 17.9. The van der Waals surface area contributed by atoms with Gasteiger partial charge in [0.2, 0.25) is 0 Å². The molecule has 0 bridgehead atoms. The van der Waals surface area contributed by atoms with Gasteiger partial charge in [-0.25, -0.2) is 18.2 Å². The number of ether oxygens (including phenoxy) is 1. The molecule has 0 saturated carbocycles. The van der Waals surface area contributed by atoms with Crippen LogP contribution >= 0.6 is 11.3 Å². The number of esters is 1. The number of aromatic nitrogens is 1. The molecule has 1 aromatic heterocycles. The minimum atomic E-state index is -3.88. The fourth-order valence-electron chi connectivity index (χ4n) is 3.08. The minimum absolute atomic E-state index is 0.000473. The molecule has 10 heteroatoms. The first-order valence-electron chi connectivity index (χ1n) is 9.89. The summed E-state index contributed by atoms with van der Waals surface area (Å²) in [6, 6.07) is 14.6. The summed E-state index contributed by atoms with van der Waals surface area (Å²) >= 11 is 1.01. The number of thiazole rings is 1. The number of hydrogen-bond donors (Lipinski definition) is 1. The van der Waals surface area contributed by atoms with Gasteiger partial charge in [-0.15, -0.1) is 0 Å². The largest absolute Gasteiger partial charge is 0.465 e. The summed E-state index contributed by atoms with van der Waals surface area (Å²) in [5, 5.41) is 2.87. The van der Waals surface area contributed by atoms with Gasteiger partial charge in [-0.05, 0) is 43.7 Å². The second-order valence-corrected chi connectivity index (χ2v) is 9.49. The van der Waals surface area contributed by atoms with Crippen molar-refractivity contribution in [2.45, 2.75) is 25.2 Å². The van der Waals surface area contributed by atoms with Gasteiger partial charge in [0, 0.05) is 12.1 Å². The molecule has 0 aliphatic carbocycles. The molecule has 0 fully saturated rings. The number of carbonyl (C=O) groups excluding carboxylic acids is 2. The summed E-state index contributed by atoms with van der Waals surface area (Å²) in [6.45, 7) is 3.82. The van der Waals surface area contributed by atoms with Crippen molar-refractivity contribution in [1.29, 1.82) is 0 Å². The number of nitrogens with one attached hydrogen (secondary N) is 1. The lowest BCUT2D eigenvalue weighted by molar-refractivity contribution is 0.0604. The third-order valence-electron chi connectivity index (χ3n) is 4.64. The third kappa shape index (κ3) is 4.81. The SMILES string of the molecule is CCc1nc(NC(=O)c2cccc(S(=O)(=O)N(CC)c3ccccc3)c2)sc1C(=O)OC. The molecule has 0 radical (unpaired) electrons. The lowest BCUT2D eigenvalue weighted by atomic mass is 10.2. The molecule has 0 unspecified atom stereocenters. The number of nitrogens with zero attached hydrogens (tertiary/aromatic N) is 2. The third-order valence-corrected chi connectivity index (χ3v) is 7.53. The van der Waals surface area contributed by atoms with Gasteiger partial charge in [-0.3, -0.25) is 14.4 Å². The number of para-hydroxylation sites is 1. The Bertz CT molecular complexity index is 1220. The number of carbonyl (C=O) groups is 2. The van der Waals surface area contributed by atoms with Crippen LogP contribution in [0.2, 0.25) is 0 Å². The lowest BCUT2D eigenvalue weighted by Crippen LogP contribution is -2.30. The molecule has 3 rings (SSSR count). The normalized spacial score (nSPS) is 11.1. The van der Waals surface area contributed by atoms with E-state index in [-0.39, 0.29) is 22.1 Å². The summed E-state index contributed by atoms with van der Waals surface area (Å²) in [6.07, 6.45) is 0.497. The Balaban J connectivity index is 1.88. The van der Waals surface area contributed by atoms with Crippen molar-refractivity contribution in [3.63, 3.8) is 0 Å². The zero-order valence-corrected chi connectivity index (χ0v) is 19.5. The highest BCUT2D eigenvalue weighted by molar-refractivity contribution is 7.92. The molecule has 0 aliphatic heterocycles. The molecule has 0 spiro atoms. The molecule has 0 saturated heterocycles. The highest BCUT2D eigenvalue weighted by Gasteiger charge is 2.25. The fraction of sp³-hybridized carbons (Fsp3) is 0.227. The number of rotatable bonds is 8. The molecular formula is C22H23N3O5S2. The quantitative estimate of drug-likeness (QED) is 0.497. The van der Waals surface area contributed by atoms with Crippen LogP contribution in [0.4, 0.5) is 10.8 Å². The molecular weight excluding hydrogens is 450 g/mol. The van der Waals surface area contributed by atoms with E-state index in [1.807, 2.05) is 13.0 Å². The van der Waals surface area contributed by atoms with Crippen molar-refractivity contribution in [1.82, 2.24) is 4.98 Å². The summed E-state index contributed by atoms with van der Waals surface area (Å²) in [5.74, 6) is -1.05. The maximum absolute atomic E-state index is 13.2. The Kier molecular flexibility index (Phi) is 7.26. The molecule has 8 nitrogen and oxygen atoms in total. The molecule has 1 N–H and O–H groups in total. The minimum Gasteiger partial charge on any atom is -0.465 e. The van der Waals surface area contributed by atoms with Crippen molar-refractivity contribution in [3.8, 4) is 0 Å². The highest BCUT2D eigenvalue weighted by atomic mass is 32.2. The van der Waals surface area contributed by atoms with Gasteiger partial charge >= 0.3 is 5.97 Å². The average Bonchev–Trinajstić information content (AvgIpc) is 3.22. The topological polar surface area (TPSA) is 106 Å². The van der Waals surface area contributed by atoms with Crippen molar-refractivity contribution >= 4 is 44.1 Å². The molecule has 1 amide bonds. The number of anilines is 2. The number of sulfonamides is 1. The van der Waals surface area contributed by atoms with Gasteiger partial charge in [-0.1, -0.05) is 42.5 Å². The first-order valence-corrected chi connectivity index (χ1v) is 12.1. The van der Waals surface area contributed by atoms with Gasteiger partial charge in [-0.2, -0.15) is 0 Å². The number of methoxy groups -OCH3 is 1. The van der Waals surface area contributed by atoms with E-state index < -0.39 is 21.9 Å². The Labute approximate surface area is 190 Å². The van der Waals surface area contributed by atoms with E-state index in [2.05, 4.69) is 10.3 Å². The molecule has 3 aromatic rings. The van der Waals surface area contributed by atoms with E-state index >= 15 is 0 Å². The van der Waals surface area contributed by atoms with Crippen LogP contribution in [-0.2, 0) is 21.2 Å². The smallest absolute Gasteiger partial charge is 0.350 e. The van der Waals surface area contributed by atoms with Crippen LogP contribution < -0.4 is 9.62 Å². The van der Waals surface area contributed by atoms with Crippen molar-refractivity contribution in [3.05, 3.63) is 70.7 Å². The standard InChI is InChI=1S/C22H23N3O5S2/c1-4-18-19(21(27)30-3)31-22(23-18)24-20(26)15-10-9-13-17(14-15)32(28,29)25(5-2)16-11-7-6-8-12-16/h6-14H,4-5H2,1-3H3,(H,23,24,26). The van der Waals surface area contributed by atoms with E-state index in [9.17, 15) is 18.0 Å². The van der Waals surface area contributed by atoms with E-state index in [0.29, 0.717) is 22.7 Å². The fourth-order valence-corrected chi connectivity index (χ4v) is 5.56. The van der Waals surface area contributed by atoms with Gasteiger partial charge < -0.3 is 4.74 Å². The zero-order chi connectivity index (χ0) is 23.3. The van der Waals surface area contributed by atoms with Crippen LogP contribution in [0.3, 0.4) is 0 Å². The summed E-state index contributed by atoms with van der Waals surface area (Å²) in [4.78, 5) is 29.3. The van der Waals surface area contributed by atoms with Crippen molar-refractivity contribution in [2.24, 2.45) is 0 Å². The van der Waals surface area contributed by atoms with Gasteiger partial charge in [0.05, 0.1) is 23.4 Å². The molecule has 0 atom stereocenters. The predicted octanol–water partition coefficient (Wildman–Crippen LogP) is 3.96. The van der Waals surface area contributed by atoms with E-state index in [0.717, 1.165) is 11.3 Å². The Hall–Kier alpha value is -3.24. The van der Waals surface area contributed by atoms with Crippen molar-refractivity contribution < 1.29 is 22.7 Å². The first kappa shape index (κ1) is 23.4. The van der Waals surface area contributed by atoms with Crippen LogP contribution in [0, 0.1) is 0 Å². The average molecular weight is 474 g/mol. The van der Waals surface area contributed by atoms with Crippen LogP contribution in [0.15, 0.2) is 59.5 Å². The summed E-state index contributed by atoms with van der Waals surface area (Å²) in [7, 11) is -2.60. The molecule has 32 heavy (non-hydrogen) atoms. The number of hydrogen-bond acceptors (Lipinski definition) is 7.